The zero-order valence-electron chi connectivity index (χ0n) is 20.8. The highest BCUT2D eigenvalue weighted by Gasteiger charge is 2.13. The Morgan fingerprint density at radius 3 is 2.68 bits per heavy atom. The van der Waals surface area contributed by atoms with Gasteiger partial charge in [-0.25, -0.2) is 9.97 Å². The Kier molecular flexibility index (Phi) is 7.78. The maximum Gasteiger partial charge on any atom is 0.251 e. The number of hydrogen-bond acceptors (Lipinski definition) is 8. The van der Waals surface area contributed by atoms with Gasteiger partial charge in [-0.15, -0.1) is 10.2 Å². The van der Waals surface area contributed by atoms with Crippen LogP contribution in [0.25, 0.3) is 11.5 Å². The summed E-state index contributed by atoms with van der Waals surface area (Å²) in [5, 5.41) is 14.9. The van der Waals surface area contributed by atoms with E-state index < -0.39 is 0 Å². The van der Waals surface area contributed by atoms with E-state index in [0.717, 1.165) is 49.9 Å². The summed E-state index contributed by atoms with van der Waals surface area (Å²) in [6.07, 6.45) is 3.16. The van der Waals surface area contributed by atoms with Crippen molar-refractivity contribution in [1.82, 2.24) is 34.9 Å². The molecule has 10 nitrogen and oxygen atoms in total. The number of nitrogens with one attached hydrogen (secondary N) is 2. The van der Waals surface area contributed by atoms with Gasteiger partial charge in [-0.1, -0.05) is 30.3 Å². The number of hydrogen-bond donors (Lipinski definition) is 2. The molecule has 0 bridgehead atoms. The fourth-order valence-corrected chi connectivity index (χ4v) is 4.25. The summed E-state index contributed by atoms with van der Waals surface area (Å²) in [4.78, 5) is 23.4. The van der Waals surface area contributed by atoms with E-state index in [-0.39, 0.29) is 5.91 Å². The zero-order chi connectivity index (χ0) is 25.5. The van der Waals surface area contributed by atoms with E-state index in [4.69, 9.17) is 4.74 Å². The van der Waals surface area contributed by atoms with Gasteiger partial charge in [0.15, 0.2) is 11.6 Å². The molecular weight excluding hydrogens is 468 g/mol. The van der Waals surface area contributed by atoms with E-state index in [9.17, 15) is 4.79 Å². The van der Waals surface area contributed by atoms with Crippen LogP contribution in [0.3, 0.4) is 0 Å². The Labute approximate surface area is 215 Å². The van der Waals surface area contributed by atoms with Crippen molar-refractivity contribution in [2.75, 3.05) is 31.6 Å². The molecule has 4 aromatic rings. The Hall–Kier alpha value is -4.15. The van der Waals surface area contributed by atoms with Crippen molar-refractivity contribution in [2.45, 2.75) is 19.6 Å². The lowest BCUT2D eigenvalue weighted by Crippen LogP contribution is -2.35. The summed E-state index contributed by atoms with van der Waals surface area (Å²) in [7, 11) is 1.90. The van der Waals surface area contributed by atoms with Gasteiger partial charge in [-0.2, -0.15) is 0 Å². The molecule has 5 rings (SSSR count). The van der Waals surface area contributed by atoms with Crippen LogP contribution < -0.4 is 10.6 Å². The third-order valence-electron chi connectivity index (χ3n) is 6.31. The van der Waals surface area contributed by atoms with Gasteiger partial charge >= 0.3 is 0 Å². The standard InChI is InChI=1S/C27H30N8O2/c1-34-25(32-33-26(34)24-8-9-28-19-31-24)17-29-23-7-3-6-22(15-23)27(36)30-16-20-4-2-5-21(14-20)18-35-10-12-37-13-11-35/h2-9,14-15,19,29H,10-13,16-18H2,1H3,(H,30,36). The molecule has 0 radical (unpaired) electrons. The average Bonchev–Trinajstić information content (AvgIpc) is 3.32. The van der Waals surface area contributed by atoms with Gasteiger partial charge in [0.25, 0.3) is 5.91 Å². The number of anilines is 1. The maximum atomic E-state index is 12.9. The smallest absolute Gasteiger partial charge is 0.251 e. The molecule has 190 valence electrons. The summed E-state index contributed by atoms with van der Waals surface area (Å²) in [6, 6.07) is 17.6. The van der Waals surface area contributed by atoms with Crippen molar-refractivity contribution in [2.24, 2.45) is 7.05 Å². The van der Waals surface area contributed by atoms with E-state index in [1.54, 1.807) is 12.3 Å². The van der Waals surface area contributed by atoms with Gasteiger partial charge in [-0.3, -0.25) is 9.69 Å². The molecule has 10 heteroatoms. The first kappa shape index (κ1) is 24.5. The number of rotatable bonds is 9. The van der Waals surface area contributed by atoms with Crippen LogP contribution in [0.15, 0.2) is 67.1 Å². The van der Waals surface area contributed by atoms with E-state index >= 15 is 0 Å². The molecule has 2 aromatic heterocycles. The minimum atomic E-state index is -0.119. The Balaban J connectivity index is 1.16. The van der Waals surface area contributed by atoms with E-state index in [1.807, 2.05) is 48.0 Å². The highest BCUT2D eigenvalue weighted by molar-refractivity contribution is 5.95. The Bertz CT molecular complexity index is 1340. The van der Waals surface area contributed by atoms with Crippen molar-refractivity contribution in [3.63, 3.8) is 0 Å². The molecular formula is C27H30N8O2. The highest BCUT2D eigenvalue weighted by Crippen LogP contribution is 2.16. The lowest BCUT2D eigenvalue weighted by Gasteiger charge is -2.26. The SMILES string of the molecule is Cn1c(CNc2cccc(C(=O)NCc3cccc(CN4CCOCC4)c3)c2)nnc1-c1ccncn1. The largest absolute Gasteiger partial charge is 0.379 e. The van der Waals surface area contributed by atoms with Crippen LogP contribution in [-0.2, 0) is 31.4 Å². The van der Waals surface area contributed by atoms with E-state index in [2.05, 4.69) is 47.8 Å². The van der Waals surface area contributed by atoms with Crippen molar-refractivity contribution >= 4 is 11.6 Å². The van der Waals surface area contributed by atoms with E-state index in [1.165, 1.54) is 11.9 Å². The van der Waals surface area contributed by atoms with Crippen LogP contribution in [0.1, 0.15) is 27.3 Å². The quantitative estimate of drug-likeness (QED) is 0.363. The van der Waals surface area contributed by atoms with Crippen molar-refractivity contribution in [1.29, 1.82) is 0 Å². The predicted octanol–water partition coefficient (Wildman–Crippen LogP) is 2.65. The number of morpholine rings is 1. The molecule has 1 fully saturated rings. The second kappa shape index (κ2) is 11.7. The summed E-state index contributed by atoms with van der Waals surface area (Å²) in [5.41, 5.74) is 4.45. The predicted molar refractivity (Wildman–Crippen MR) is 140 cm³/mol. The molecule has 0 atom stereocenters. The molecule has 2 N–H and O–H groups in total. The first-order valence-electron chi connectivity index (χ1n) is 12.3. The summed E-state index contributed by atoms with van der Waals surface area (Å²) in [6.45, 7) is 5.29. The van der Waals surface area contributed by atoms with Crippen LogP contribution in [-0.4, -0.2) is 61.8 Å². The number of amides is 1. The Morgan fingerprint density at radius 1 is 1.00 bits per heavy atom. The topological polar surface area (TPSA) is 110 Å². The summed E-state index contributed by atoms with van der Waals surface area (Å²) >= 11 is 0. The number of benzene rings is 2. The molecule has 0 spiro atoms. The number of aromatic nitrogens is 5. The van der Waals surface area contributed by atoms with Gasteiger partial charge in [-0.05, 0) is 35.4 Å². The molecule has 0 aliphatic carbocycles. The summed E-state index contributed by atoms with van der Waals surface area (Å²) < 4.78 is 7.32. The van der Waals surface area contributed by atoms with Gasteiger partial charge in [0.05, 0.1) is 19.8 Å². The molecule has 2 aromatic carbocycles. The molecule has 1 amide bonds. The molecule has 1 aliphatic rings. The fraction of sp³-hybridized carbons (Fsp3) is 0.296. The van der Waals surface area contributed by atoms with Crippen molar-refractivity contribution in [3.05, 3.63) is 89.6 Å². The number of ether oxygens (including phenoxy) is 1. The highest BCUT2D eigenvalue weighted by atomic mass is 16.5. The first-order valence-corrected chi connectivity index (χ1v) is 12.3. The minimum absolute atomic E-state index is 0.119. The second-order valence-corrected chi connectivity index (χ2v) is 8.92. The third-order valence-corrected chi connectivity index (χ3v) is 6.31. The van der Waals surface area contributed by atoms with Gasteiger partial charge in [0.1, 0.15) is 12.0 Å². The molecule has 0 saturated carbocycles. The lowest BCUT2D eigenvalue weighted by molar-refractivity contribution is 0.0342. The molecule has 3 heterocycles. The van der Waals surface area contributed by atoms with Gasteiger partial charge < -0.3 is 19.9 Å². The van der Waals surface area contributed by atoms with Crippen LogP contribution in [0.4, 0.5) is 5.69 Å². The molecule has 0 unspecified atom stereocenters. The maximum absolute atomic E-state index is 12.9. The fourth-order valence-electron chi connectivity index (χ4n) is 4.25. The first-order chi connectivity index (χ1) is 18.2. The monoisotopic (exact) mass is 498 g/mol. The lowest BCUT2D eigenvalue weighted by atomic mass is 10.1. The molecule has 1 aliphatic heterocycles. The molecule has 1 saturated heterocycles. The normalized spacial score (nSPS) is 13.9. The number of carbonyl (C=O) groups excluding carboxylic acids is 1. The van der Waals surface area contributed by atoms with Crippen LogP contribution in [0.2, 0.25) is 0 Å². The van der Waals surface area contributed by atoms with Gasteiger partial charge in [0, 0.05) is 50.7 Å². The third kappa shape index (κ3) is 6.35. The van der Waals surface area contributed by atoms with E-state index in [0.29, 0.717) is 30.2 Å². The van der Waals surface area contributed by atoms with Gasteiger partial charge in [0.2, 0.25) is 0 Å². The van der Waals surface area contributed by atoms with Crippen molar-refractivity contribution < 1.29 is 9.53 Å². The number of carbonyl (C=O) groups is 1. The number of nitrogens with zero attached hydrogens (tertiary/aromatic N) is 6. The average molecular weight is 499 g/mol. The second-order valence-electron chi connectivity index (χ2n) is 8.92. The van der Waals surface area contributed by atoms with Crippen LogP contribution >= 0.6 is 0 Å². The van der Waals surface area contributed by atoms with Crippen LogP contribution in [0, 0.1) is 0 Å². The minimum Gasteiger partial charge on any atom is -0.379 e. The Morgan fingerprint density at radius 2 is 1.84 bits per heavy atom. The summed E-state index contributed by atoms with van der Waals surface area (Å²) in [5.74, 6) is 1.30. The molecule has 37 heavy (non-hydrogen) atoms. The zero-order valence-corrected chi connectivity index (χ0v) is 20.8. The van der Waals surface area contributed by atoms with Crippen molar-refractivity contribution in [3.8, 4) is 11.5 Å². The van der Waals surface area contributed by atoms with Crippen LogP contribution in [0.5, 0.6) is 0 Å².